The first-order valence-electron chi connectivity index (χ1n) is 7.85. The molecule has 3 aromatic rings. The fraction of sp³-hybridized carbons (Fsp3) is 0.333. The summed E-state index contributed by atoms with van der Waals surface area (Å²) in [4.78, 5) is 31.7. The van der Waals surface area contributed by atoms with Gasteiger partial charge in [0.1, 0.15) is 11.6 Å². The molecule has 0 atom stereocenters. The van der Waals surface area contributed by atoms with Crippen molar-refractivity contribution in [2.45, 2.75) is 38.3 Å². The van der Waals surface area contributed by atoms with Crippen LogP contribution in [0.5, 0.6) is 0 Å². The van der Waals surface area contributed by atoms with Gasteiger partial charge >= 0.3 is 11.1 Å². The van der Waals surface area contributed by atoms with Crippen molar-refractivity contribution in [2.75, 3.05) is 0 Å². The van der Waals surface area contributed by atoms with Gasteiger partial charge in [0.25, 0.3) is 0 Å². The SMILES string of the molecule is Cc1nc(CNS(=O)(=O)c2ccc3[nH]c(=O)c(=O)[nH]c3c2)n(C(C)C)n1. The van der Waals surface area contributed by atoms with E-state index in [1.165, 1.54) is 18.2 Å². The van der Waals surface area contributed by atoms with Crippen molar-refractivity contribution < 1.29 is 8.42 Å². The van der Waals surface area contributed by atoms with Crippen LogP contribution in [0.2, 0.25) is 0 Å². The minimum absolute atomic E-state index is 0.0263. The monoisotopic (exact) mass is 378 g/mol. The maximum Gasteiger partial charge on any atom is 0.314 e. The quantitative estimate of drug-likeness (QED) is 0.540. The Morgan fingerprint density at radius 2 is 1.81 bits per heavy atom. The van der Waals surface area contributed by atoms with E-state index >= 15 is 0 Å². The van der Waals surface area contributed by atoms with Crippen molar-refractivity contribution in [3.63, 3.8) is 0 Å². The van der Waals surface area contributed by atoms with Gasteiger partial charge in [-0.15, -0.1) is 0 Å². The topological polar surface area (TPSA) is 143 Å². The zero-order valence-electron chi connectivity index (χ0n) is 14.4. The van der Waals surface area contributed by atoms with Gasteiger partial charge in [0.2, 0.25) is 10.0 Å². The molecule has 0 aliphatic rings. The molecule has 3 N–H and O–H groups in total. The van der Waals surface area contributed by atoms with Crippen molar-refractivity contribution in [1.29, 1.82) is 0 Å². The highest BCUT2D eigenvalue weighted by atomic mass is 32.2. The van der Waals surface area contributed by atoms with Crippen LogP contribution in [-0.2, 0) is 16.6 Å². The zero-order valence-corrected chi connectivity index (χ0v) is 15.2. The molecule has 0 amide bonds. The molecule has 138 valence electrons. The third-order valence-corrected chi connectivity index (χ3v) is 5.12. The normalized spacial score (nSPS) is 12.2. The molecule has 0 fully saturated rings. The molecule has 0 spiro atoms. The number of aromatic nitrogens is 5. The molecule has 0 aliphatic carbocycles. The van der Waals surface area contributed by atoms with Gasteiger partial charge in [0.15, 0.2) is 0 Å². The molecule has 1 aromatic carbocycles. The fourth-order valence-corrected chi connectivity index (χ4v) is 3.52. The van der Waals surface area contributed by atoms with Crippen LogP contribution >= 0.6 is 0 Å². The highest BCUT2D eigenvalue weighted by Gasteiger charge is 2.18. The Hall–Kier alpha value is -2.79. The van der Waals surface area contributed by atoms with E-state index in [4.69, 9.17) is 0 Å². The number of benzene rings is 1. The standard InChI is InChI=1S/C15H18N6O4S/c1-8(2)21-13(17-9(3)20-21)7-16-26(24,25)10-4-5-11-12(6-10)19-15(23)14(22)18-11/h4-6,8,16H,7H2,1-3H3,(H,18,22)(H,19,23). The summed E-state index contributed by atoms with van der Waals surface area (Å²) in [6.07, 6.45) is 0. The fourth-order valence-electron chi connectivity index (χ4n) is 2.51. The lowest BCUT2D eigenvalue weighted by Gasteiger charge is -2.11. The van der Waals surface area contributed by atoms with Crippen LogP contribution in [-0.4, -0.2) is 33.2 Å². The third-order valence-electron chi connectivity index (χ3n) is 3.72. The summed E-state index contributed by atoms with van der Waals surface area (Å²) in [6, 6.07) is 4.09. The van der Waals surface area contributed by atoms with Crippen molar-refractivity contribution in [3.8, 4) is 0 Å². The number of sulfonamides is 1. The zero-order chi connectivity index (χ0) is 19.1. The molecule has 0 unspecified atom stereocenters. The van der Waals surface area contributed by atoms with E-state index in [0.717, 1.165) is 0 Å². The van der Waals surface area contributed by atoms with Crippen LogP contribution in [0.15, 0.2) is 32.7 Å². The van der Waals surface area contributed by atoms with Gasteiger partial charge in [0.05, 0.1) is 22.5 Å². The van der Waals surface area contributed by atoms with Gasteiger partial charge in [0, 0.05) is 6.04 Å². The summed E-state index contributed by atoms with van der Waals surface area (Å²) >= 11 is 0. The number of rotatable bonds is 5. The van der Waals surface area contributed by atoms with E-state index in [1.54, 1.807) is 11.6 Å². The van der Waals surface area contributed by atoms with Crippen molar-refractivity contribution in [1.82, 2.24) is 29.5 Å². The van der Waals surface area contributed by atoms with E-state index in [-0.39, 0.29) is 23.0 Å². The third kappa shape index (κ3) is 3.44. The lowest BCUT2D eigenvalue weighted by molar-refractivity contribution is 0.497. The number of hydrogen-bond acceptors (Lipinski definition) is 6. The summed E-state index contributed by atoms with van der Waals surface area (Å²) in [5.74, 6) is 1.06. The Balaban J connectivity index is 1.91. The molecule has 2 heterocycles. The first-order valence-corrected chi connectivity index (χ1v) is 9.34. The molecule has 0 saturated heterocycles. The number of nitrogens with zero attached hydrogens (tertiary/aromatic N) is 3. The summed E-state index contributed by atoms with van der Waals surface area (Å²) in [5, 5.41) is 4.24. The Morgan fingerprint density at radius 3 is 2.46 bits per heavy atom. The van der Waals surface area contributed by atoms with Crippen LogP contribution in [0.25, 0.3) is 11.0 Å². The number of H-pyrrole nitrogens is 2. The molecular formula is C15H18N6O4S. The molecule has 0 saturated carbocycles. The Bertz CT molecular complexity index is 1190. The average Bonchev–Trinajstić information content (AvgIpc) is 2.95. The molecule has 26 heavy (non-hydrogen) atoms. The maximum absolute atomic E-state index is 12.6. The largest absolute Gasteiger partial charge is 0.316 e. The highest BCUT2D eigenvalue weighted by Crippen LogP contribution is 2.15. The molecular weight excluding hydrogens is 360 g/mol. The van der Waals surface area contributed by atoms with E-state index in [1.807, 2.05) is 13.8 Å². The summed E-state index contributed by atoms with van der Waals surface area (Å²) in [7, 11) is -3.85. The molecule has 3 rings (SSSR count). The summed E-state index contributed by atoms with van der Waals surface area (Å²) < 4.78 is 29.2. The number of nitrogens with one attached hydrogen (secondary N) is 3. The number of fused-ring (bicyclic) bond motifs is 1. The summed E-state index contributed by atoms with van der Waals surface area (Å²) in [5.41, 5.74) is -1.09. The predicted molar refractivity (Wildman–Crippen MR) is 94.4 cm³/mol. The van der Waals surface area contributed by atoms with Crippen LogP contribution in [0, 0.1) is 6.92 Å². The van der Waals surface area contributed by atoms with Crippen molar-refractivity contribution in [2.24, 2.45) is 0 Å². The van der Waals surface area contributed by atoms with E-state index in [0.29, 0.717) is 17.2 Å². The van der Waals surface area contributed by atoms with E-state index in [9.17, 15) is 18.0 Å². The molecule has 0 bridgehead atoms. The lowest BCUT2D eigenvalue weighted by Crippen LogP contribution is -2.29. The van der Waals surface area contributed by atoms with Gasteiger partial charge in [-0.25, -0.2) is 22.8 Å². The second kappa shape index (κ2) is 6.50. The molecule has 2 aromatic heterocycles. The Kier molecular flexibility index (Phi) is 4.50. The van der Waals surface area contributed by atoms with Crippen molar-refractivity contribution in [3.05, 3.63) is 50.6 Å². The second-order valence-electron chi connectivity index (χ2n) is 6.05. The first kappa shape index (κ1) is 18.0. The van der Waals surface area contributed by atoms with E-state index in [2.05, 4.69) is 24.8 Å². The minimum atomic E-state index is -3.85. The minimum Gasteiger partial charge on any atom is -0.316 e. The van der Waals surface area contributed by atoms with Gasteiger partial charge in [-0.1, -0.05) is 0 Å². The van der Waals surface area contributed by atoms with Gasteiger partial charge < -0.3 is 9.97 Å². The van der Waals surface area contributed by atoms with Gasteiger partial charge in [-0.3, -0.25) is 9.59 Å². The Labute approximate surface area is 148 Å². The molecule has 10 nitrogen and oxygen atoms in total. The second-order valence-corrected chi connectivity index (χ2v) is 7.82. The maximum atomic E-state index is 12.6. The smallest absolute Gasteiger partial charge is 0.314 e. The van der Waals surface area contributed by atoms with Gasteiger partial charge in [-0.05, 0) is 39.0 Å². The lowest BCUT2D eigenvalue weighted by atomic mass is 10.3. The predicted octanol–water partition coefficient (Wildman–Crippen LogP) is 0.176. The number of aryl methyl sites for hydroxylation is 1. The van der Waals surface area contributed by atoms with E-state index < -0.39 is 21.1 Å². The van der Waals surface area contributed by atoms with Crippen LogP contribution in [0.3, 0.4) is 0 Å². The van der Waals surface area contributed by atoms with Crippen LogP contribution in [0.4, 0.5) is 0 Å². The number of aromatic amines is 2. The highest BCUT2D eigenvalue weighted by molar-refractivity contribution is 7.89. The first-order chi connectivity index (χ1) is 12.2. The molecule has 0 aliphatic heterocycles. The van der Waals surface area contributed by atoms with Crippen molar-refractivity contribution >= 4 is 21.1 Å². The number of hydrogen-bond donors (Lipinski definition) is 3. The summed E-state index contributed by atoms with van der Waals surface area (Å²) in [6.45, 7) is 5.55. The Morgan fingerprint density at radius 1 is 1.15 bits per heavy atom. The van der Waals surface area contributed by atoms with Gasteiger partial charge in [-0.2, -0.15) is 5.10 Å². The van der Waals surface area contributed by atoms with Crippen LogP contribution in [0.1, 0.15) is 31.5 Å². The molecule has 11 heteroatoms. The average molecular weight is 378 g/mol. The van der Waals surface area contributed by atoms with Crippen LogP contribution < -0.4 is 15.8 Å². The molecule has 0 radical (unpaired) electrons.